The predicted octanol–water partition coefficient (Wildman–Crippen LogP) is 3.13. The highest BCUT2D eigenvalue weighted by atomic mass is 35.5. The van der Waals surface area contributed by atoms with Crippen molar-refractivity contribution in [3.05, 3.63) is 57.6 Å². The lowest BCUT2D eigenvalue weighted by Gasteiger charge is -2.16. The van der Waals surface area contributed by atoms with Crippen LogP contribution < -0.4 is 5.32 Å². The van der Waals surface area contributed by atoms with Gasteiger partial charge in [-0.05, 0) is 31.5 Å². The van der Waals surface area contributed by atoms with E-state index < -0.39 is 18.5 Å². The molecule has 0 aliphatic carbocycles. The molecule has 0 radical (unpaired) electrons. The fourth-order valence-corrected chi connectivity index (χ4v) is 2.49. The molecule has 0 unspecified atom stereocenters. The van der Waals surface area contributed by atoms with E-state index in [-0.39, 0.29) is 11.7 Å². The molecule has 0 saturated heterocycles. The molecule has 6 nitrogen and oxygen atoms in total. The van der Waals surface area contributed by atoms with Crippen LogP contribution in [0.2, 0.25) is 10.0 Å². The largest absolute Gasteiger partial charge is 0.451 e. The lowest BCUT2D eigenvalue weighted by molar-refractivity contribution is -0.124. The van der Waals surface area contributed by atoms with Crippen LogP contribution in [0.4, 0.5) is 0 Å². The first-order chi connectivity index (χ1) is 11.4. The number of aryl methyl sites for hydroxylation is 1. The molecule has 1 amide bonds. The Kier molecular flexibility index (Phi) is 6.11. The summed E-state index contributed by atoms with van der Waals surface area (Å²) in [6.45, 7) is 3.09. The van der Waals surface area contributed by atoms with Gasteiger partial charge in [-0.25, -0.2) is 9.78 Å². The summed E-state index contributed by atoms with van der Waals surface area (Å²) < 4.78 is 4.91. The Morgan fingerprint density at radius 1 is 1.25 bits per heavy atom. The van der Waals surface area contributed by atoms with E-state index in [4.69, 9.17) is 27.9 Å². The lowest BCUT2D eigenvalue weighted by atomic mass is 10.1. The maximum atomic E-state index is 11.9. The number of amides is 1. The number of ether oxygens (including phenoxy) is 1. The summed E-state index contributed by atoms with van der Waals surface area (Å²) >= 11 is 11.9. The van der Waals surface area contributed by atoms with Gasteiger partial charge in [-0.15, -0.1) is 0 Å². The molecular formula is C16H15Cl2N3O3. The van der Waals surface area contributed by atoms with E-state index in [1.807, 2.05) is 0 Å². The van der Waals surface area contributed by atoms with Crippen molar-refractivity contribution in [3.8, 4) is 0 Å². The van der Waals surface area contributed by atoms with Gasteiger partial charge in [-0.1, -0.05) is 29.3 Å². The number of aromatic nitrogens is 2. The summed E-state index contributed by atoms with van der Waals surface area (Å²) in [6, 6.07) is 4.64. The third-order valence-electron chi connectivity index (χ3n) is 3.13. The smallest absolute Gasteiger partial charge is 0.359 e. The zero-order valence-electron chi connectivity index (χ0n) is 13.0. The van der Waals surface area contributed by atoms with Gasteiger partial charge in [0.15, 0.2) is 12.3 Å². The quantitative estimate of drug-likeness (QED) is 0.821. The van der Waals surface area contributed by atoms with Gasteiger partial charge in [0.05, 0.1) is 17.9 Å². The van der Waals surface area contributed by atoms with Gasteiger partial charge in [0, 0.05) is 16.2 Å². The van der Waals surface area contributed by atoms with Gasteiger partial charge in [0.25, 0.3) is 5.91 Å². The van der Waals surface area contributed by atoms with E-state index in [1.165, 1.54) is 12.4 Å². The standard InChI is InChI=1S/C16H15Cl2N3O3/c1-9-6-20-14(7-19-9)16(23)24-8-15(22)21-10(2)12-4-3-11(17)5-13(12)18/h3-7,10H,8H2,1-2H3,(H,21,22)/t10-/m1/s1. The molecule has 0 aliphatic rings. The topological polar surface area (TPSA) is 81.2 Å². The molecule has 0 fully saturated rings. The minimum Gasteiger partial charge on any atom is -0.451 e. The number of rotatable bonds is 5. The highest BCUT2D eigenvalue weighted by Crippen LogP contribution is 2.25. The summed E-state index contributed by atoms with van der Waals surface area (Å²) in [4.78, 5) is 31.5. The number of nitrogens with zero attached hydrogens (tertiary/aromatic N) is 2. The second-order valence-electron chi connectivity index (χ2n) is 5.07. The number of hydrogen-bond donors (Lipinski definition) is 1. The third-order valence-corrected chi connectivity index (χ3v) is 3.69. The number of carbonyl (C=O) groups is 2. The maximum Gasteiger partial charge on any atom is 0.359 e. The second kappa shape index (κ2) is 8.08. The molecule has 1 heterocycles. The average Bonchev–Trinajstić information content (AvgIpc) is 2.53. The van der Waals surface area contributed by atoms with Crippen molar-refractivity contribution < 1.29 is 14.3 Å². The van der Waals surface area contributed by atoms with Gasteiger partial charge in [0.2, 0.25) is 0 Å². The van der Waals surface area contributed by atoms with Gasteiger partial charge in [-0.2, -0.15) is 0 Å². The molecular weight excluding hydrogens is 353 g/mol. The van der Waals surface area contributed by atoms with Crippen LogP contribution in [-0.2, 0) is 9.53 Å². The Bertz CT molecular complexity index is 751. The number of nitrogens with one attached hydrogen (secondary N) is 1. The highest BCUT2D eigenvalue weighted by molar-refractivity contribution is 6.35. The van der Waals surface area contributed by atoms with Crippen molar-refractivity contribution in [2.75, 3.05) is 6.61 Å². The average molecular weight is 368 g/mol. The predicted molar refractivity (Wildman–Crippen MR) is 90.1 cm³/mol. The van der Waals surface area contributed by atoms with Crippen LogP contribution in [0.15, 0.2) is 30.6 Å². The SMILES string of the molecule is Cc1cnc(C(=O)OCC(=O)N[C@H](C)c2ccc(Cl)cc2Cl)cn1. The molecule has 0 aliphatic heterocycles. The van der Waals surface area contributed by atoms with Gasteiger partial charge in [-0.3, -0.25) is 9.78 Å². The van der Waals surface area contributed by atoms with Gasteiger partial charge < -0.3 is 10.1 Å². The minimum atomic E-state index is -0.713. The Hall–Kier alpha value is -2.18. The van der Waals surface area contributed by atoms with Crippen LogP contribution in [0.3, 0.4) is 0 Å². The number of esters is 1. The molecule has 1 atom stereocenters. The number of hydrogen-bond acceptors (Lipinski definition) is 5. The van der Waals surface area contributed by atoms with Crippen molar-refractivity contribution in [3.63, 3.8) is 0 Å². The summed E-state index contributed by atoms with van der Waals surface area (Å²) in [5.41, 5.74) is 1.44. The van der Waals surface area contributed by atoms with Crippen LogP contribution in [0.1, 0.15) is 34.7 Å². The number of halogens is 2. The van der Waals surface area contributed by atoms with Crippen LogP contribution in [0, 0.1) is 6.92 Å². The molecule has 0 bridgehead atoms. The fraction of sp³-hybridized carbons (Fsp3) is 0.250. The molecule has 2 rings (SSSR count). The molecule has 1 aromatic heterocycles. The van der Waals surface area contributed by atoms with E-state index in [1.54, 1.807) is 32.0 Å². The third kappa shape index (κ3) is 4.91. The monoisotopic (exact) mass is 367 g/mol. The first kappa shape index (κ1) is 18.2. The van der Waals surface area contributed by atoms with Crippen molar-refractivity contribution >= 4 is 35.1 Å². The molecule has 0 spiro atoms. The van der Waals surface area contributed by atoms with Crippen LogP contribution in [0.25, 0.3) is 0 Å². The molecule has 2 aromatic rings. The van der Waals surface area contributed by atoms with Crippen LogP contribution in [-0.4, -0.2) is 28.5 Å². The maximum absolute atomic E-state index is 11.9. The molecule has 24 heavy (non-hydrogen) atoms. The summed E-state index contributed by atoms with van der Waals surface area (Å²) in [5, 5.41) is 3.65. The fourth-order valence-electron chi connectivity index (χ4n) is 1.92. The van der Waals surface area contributed by atoms with E-state index in [9.17, 15) is 9.59 Å². The first-order valence-electron chi connectivity index (χ1n) is 7.07. The van der Waals surface area contributed by atoms with Crippen LogP contribution in [0.5, 0.6) is 0 Å². The van der Waals surface area contributed by atoms with E-state index in [2.05, 4.69) is 15.3 Å². The van der Waals surface area contributed by atoms with Crippen molar-refractivity contribution in [1.29, 1.82) is 0 Å². The molecule has 1 N–H and O–H groups in total. The molecule has 0 saturated carbocycles. The normalized spacial score (nSPS) is 11.7. The Morgan fingerprint density at radius 2 is 2.00 bits per heavy atom. The van der Waals surface area contributed by atoms with E-state index >= 15 is 0 Å². The molecule has 1 aromatic carbocycles. The van der Waals surface area contributed by atoms with Crippen molar-refractivity contribution in [2.45, 2.75) is 19.9 Å². The van der Waals surface area contributed by atoms with E-state index in [0.29, 0.717) is 21.3 Å². The first-order valence-corrected chi connectivity index (χ1v) is 7.82. The minimum absolute atomic E-state index is 0.0437. The van der Waals surface area contributed by atoms with Gasteiger partial charge in [0.1, 0.15) is 0 Å². The van der Waals surface area contributed by atoms with E-state index in [0.717, 1.165) is 0 Å². The summed E-state index contributed by atoms with van der Waals surface area (Å²) in [7, 11) is 0. The van der Waals surface area contributed by atoms with Crippen molar-refractivity contribution in [1.82, 2.24) is 15.3 Å². The number of benzene rings is 1. The number of carbonyl (C=O) groups excluding carboxylic acids is 2. The Labute approximate surface area is 149 Å². The second-order valence-corrected chi connectivity index (χ2v) is 5.92. The van der Waals surface area contributed by atoms with Gasteiger partial charge >= 0.3 is 5.97 Å². The Balaban J connectivity index is 1.88. The summed E-state index contributed by atoms with van der Waals surface area (Å²) in [6.07, 6.45) is 2.74. The zero-order chi connectivity index (χ0) is 17.7. The lowest BCUT2D eigenvalue weighted by Crippen LogP contribution is -2.31. The molecule has 8 heteroatoms. The Morgan fingerprint density at radius 3 is 2.62 bits per heavy atom. The van der Waals surface area contributed by atoms with Crippen molar-refractivity contribution in [2.24, 2.45) is 0 Å². The van der Waals surface area contributed by atoms with Crippen LogP contribution >= 0.6 is 23.2 Å². The zero-order valence-corrected chi connectivity index (χ0v) is 14.6. The molecule has 126 valence electrons. The summed E-state index contributed by atoms with van der Waals surface area (Å²) in [5.74, 6) is -1.17. The highest BCUT2D eigenvalue weighted by Gasteiger charge is 2.16.